The van der Waals surface area contributed by atoms with Gasteiger partial charge < -0.3 is 20.8 Å². The zero-order valence-corrected chi connectivity index (χ0v) is 14.7. The smallest absolute Gasteiger partial charge is 0.316 e. The lowest BCUT2D eigenvalue weighted by Crippen LogP contribution is -2.19. The van der Waals surface area contributed by atoms with Gasteiger partial charge in [-0.3, -0.25) is 4.79 Å². The number of carbonyl (C=O) groups is 2. The van der Waals surface area contributed by atoms with Crippen LogP contribution in [0.15, 0.2) is 52.9 Å². The van der Waals surface area contributed by atoms with E-state index in [-0.39, 0.29) is 12.3 Å². The predicted octanol–water partition coefficient (Wildman–Crippen LogP) is 3.11. The van der Waals surface area contributed by atoms with Gasteiger partial charge in [-0.05, 0) is 37.3 Å². The average molecular weight is 365 g/mol. The number of nitrogens with zero attached hydrogens (tertiary/aromatic N) is 2. The molecule has 2 aromatic carbocycles. The van der Waals surface area contributed by atoms with Gasteiger partial charge in [-0.2, -0.15) is 0 Å². The molecule has 0 atom stereocenters. The second-order valence-electron chi connectivity index (χ2n) is 5.99. The number of anilines is 2. The number of amides is 3. The predicted molar refractivity (Wildman–Crippen MR) is 101 cm³/mol. The van der Waals surface area contributed by atoms with E-state index in [1.807, 2.05) is 31.2 Å². The molecule has 0 saturated heterocycles. The molecule has 1 aromatic heterocycles. The number of benzene rings is 2. The summed E-state index contributed by atoms with van der Waals surface area (Å²) in [4.78, 5) is 23.0. The Hall–Kier alpha value is -3.68. The highest BCUT2D eigenvalue weighted by Crippen LogP contribution is 2.19. The summed E-state index contributed by atoms with van der Waals surface area (Å²) < 4.78 is 5.61. The minimum Gasteiger partial charge on any atom is -0.421 e. The minimum absolute atomic E-state index is 0.184. The number of hydrogen-bond donors (Lipinski definition) is 3. The second kappa shape index (κ2) is 8.13. The standard InChI is InChI=1S/C19H19N5O3/c1-12-5-7-13(8-6-12)18-24-23-17(27-18)10-9-16(25)21-14-3-2-4-15(11-14)22-19(20)26/h2-8,11H,9-10H2,1H3,(H,21,25)(H3,20,22,26). The summed E-state index contributed by atoms with van der Waals surface area (Å²) >= 11 is 0. The number of primary amides is 1. The fraction of sp³-hybridized carbons (Fsp3) is 0.158. The van der Waals surface area contributed by atoms with Crippen molar-refractivity contribution in [2.45, 2.75) is 19.8 Å². The Labute approximate surface area is 155 Å². The van der Waals surface area contributed by atoms with Crippen LogP contribution in [0.4, 0.5) is 16.2 Å². The van der Waals surface area contributed by atoms with Crippen LogP contribution in [0.3, 0.4) is 0 Å². The van der Waals surface area contributed by atoms with E-state index < -0.39 is 6.03 Å². The molecule has 138 valence electrons. The van der Waals surface area contributed by atoms with Crippen LogP contribution in [0.25, 0.3) is 11.5 Å². The Balaban J connectivity index is 1.55. The first-order valence-electron chi connectivity index (χ1n) is 8.35. The molecule has 0 fully saturated rings. The molecule has 0 aliphatic carbocycles. The van der Waals surface area contributed by atoms with E-state index in [9.17, 15) is 9.59 Å². The molecule has 0 saturated carbocycles. The summed E-state index contributed by atoms with van der Waals surface area (Å²) in [5.74, 6) is 0.613. The van der Waals surface area contributed by atoms with E-state index >= 15 is 0 Å². The van der Waals surface area contributed by atoms with Crippen molar-refractivity contribution in [3.05, 3.63) is 60.0 Å². The first kappa shape index (κ1) is 18.1. The van der Waals surface area contributed by atoms with Gasteiger partial charge in [0.2, 0.25) is 17.7 Å². The van der Waals surface area contributed by atoms with Crippen molar-refractivity contribution in [2.24, 2.45) is 5.73 Å². The number of urea groups is 1. The molecule has 0 radical (unpaired) electrons. The normalized spacial score (nSPS) is 10.4. The Morgan fingerprint density at radius 2 is 1.74 bits per heavy atom. The van der Waals surface area contributed by atoms with E-state index in [0.29, 0.717) is 29.6 Å². The largest absolute Gasteiger partial charge is 0.421 e. The summed E-state index contributed by atoms with van der Waals surface area (Å²) in [6.07, 6.45) is 0.507. The monoisotopic (exact) mass is 365 g/mol. The van der Waals surface area contributed by atoms with Gasteiger partial charge in [-0.15, -0.1) is 10.2 Å². The second-order valence-corrected chi connectivity index (χ2v) is 5.99. The lowest BCUT2D eigenvalue weighted by atomic mass is 10.1. The number of hydrogen-bond acceptors (Lipinski definition) is 5. The van der Waals surface area contributed by atoms with Gasteiger partial charge in [-0.25, -0.2) is 4.79 Å². The Kier molecular flexibility index (Phi) is 5.46. The summed E-state index contributed by atoms with van der Waals surface area (Å²) in [6, 6.07) is 13.8. The molecule has 0 unspecified atom stereocenters. The summed E-state index contributed by atoms with van der Waals surface area (Å²) in [5, 5.41) is 13.2. The molecular weight excluding hydrogens is 346 g/mol. The summed E-state index contributed by atoms with van der Waals surface area (Å²) in [7, 11) is 0. The van der Waals surface area contributed by atoms with Crippen molar-refractivity contribution in [3.63, 3.8) is 0 Å². The zero-order chi connectivity index (χ0) is 19.2. The van der Waals surface area contributed by atoms with Crippen molar-refractivity contribution in [1.29, 1.82) is 0 Å². The highest BCUT2D eigenvalue weighted by molar-refractivity contribution is 5.93. The van der Waals surface area contributed by atoms with E-state index in [4.69, 9.17) is 10.2 Å². The molecule has 0 spiro atoms. The highest BCUT2D eigenvalue weighted by atomic mass is 16.4. The quantitative estimate of drug-likeness (QED) is 0.619. The molecule has 1 heterocycles. The van der Waals surface area contributed by atoms with Crippen LogP contribution in [0.5, 0.6) is 0 Å². The van der Waals surface area contributed by atoms with Gasteiger partial charge in [0.1, 0.15) is 0 Å². The minimum atomic E-state index is -0.667. The SMILES string of the molecule is Cc1ccc(-c2nnc(CCC(=O)Nc3cccc(NC(N)=O)c3)o2)cc1. The molecule has 8 heteroatoms. The maximum Gasteiger partial charge on any atom is 0.316 e. The lowest BCUT2D eigenvalue weighted by Gasteiger charge is -2.07. The highest BCUT2D eigenvalue weighted by Gasteiger charge is 2.11. The van der Waals surface area contributed by atoms with Crippen LogP contribution >= 0.6 is 0 Å². The first-order chi connectivity index (χ1) is 13.0. The van der Waals surface area contributed by atoms with Crippen LogP contribution in [0, 0.1) is 6.92 Å². The van der Waals surface area contributed by atoms with E-state index in [1.165, 1.54) is 0 Å². The molecule has 3 aromatic rings. The van der Waals surface area contributed by atoms with Crippen LogP contribution in [-0.4, -0.2) is 22.1 Å². The van der Waals surface area contributed by atoms with E-state index in [0.717, 1.165) is 11.1 Å². The third kappa shape index (κ3) is 5.15. The van der Waals surface area contributed by atoms with Gasteiger partial charge >= 0.3 is 6.03 Å². The number of rotatable bonds is 6. The Morgan fingerprint density at radius 3 is 2.44 bits per heavy atom. The van der Waals surface area contributed by atoms with Gasteiger partial charge in [0, 0.05) is 29.8 Å². The molecule has 0 bridgehead atoms. The van der Waals surface area contributed by atoms with Crippen LogP contribution in [-0.2, 0) is 11.2 Å². The fourth-order valence-corrected chi connectivity index (χ4v) is 2.43. The number of carbonyl (C=O) groups excluding carboxylic acids is 2. The molecule has 8 nitrogen and oxygen atoms in total. The molecule has 3 rings (SSSR count). The molecule has 0 aliphatic heterocycles. The van der Waals surface area contributed by atoms with Gasteiger partial charge in [0.25, 0.3) is 0 Å². The van der Waals surface area contributed by atoms with Gasteiger partial charge in [0.15, 0.2) is 0 Å². The van der Waals surface area contributed by atoms with Gasteiger partial charge in [-0.1, -0.05) is 23.8 Å². The number of nitrogens with two attached hydrogens (primary N) is 1. The molecular formula is C19H19N5O3. The third-order valence-corrected chi connectivity index (χ3v) is 3.75. The topological polar surface area (TPSA) is 123 Å². The van der Waals surface area contributed by atoms with Gasteiger partial charge in [0.05, 0.1) is 0 Å². The number of aromatic nitrogens is 2. The van der Waals surface area contributed by atoms with Crippen LogP contribution in [0.1, 0.15) is 17.9 Å². The van der Waals surface area contributed by atoms with E-state index in [2.05, 4.69) is 20.8 Å². The summed E-state index contributed by atoms with van der Waals surface area (Å²) in [5.41, 5.74) is 8.11. The maximum absolute atomic E-state index is 12.1. The first-order valence-corrected chi connectivity index (χ1v) is 8.35. The van der Waals surface area contributed by atoms with Crippen LogP contribution in [0.2, 0.25) is 0 Å². The van der Waals surface area contributed by atoms with Crippen molar-refractivity contribution in [2.75, 3.05) is 10.6 Å². The Morgan fingerprint density at radius 1 is 1.04 bits per heavy atom. The maximum atomic E-state index is 12.1. The third-order valence-electron chi connectivity index (χ3n) is 3.75. The molecule has 27 heavy (non-hydrogen) atoms. The number of nitrogens with one attached hydrogen (secondary N) is 2. The fourth-order valence-electron chi connectivity index (χ4n) is 2.43. The van der Waals surface area contributed by atoms with Crippen molar-refractivity contribution >= 4 is 23.3 Å². The van der Waals surface area contributed by atoms with Crippen molar-refractivity contribution < 1.29 is 14.0 Å². The van der Waals surface area contributed by atoms with Crippen molar-refractivity contribution in [3.8, 4) is 11.5 Å². The Bertz CT molecular complexity index is 950. The molecule has 0 aliphatic rings. The number of aryl methyl sites for hydroxylation is 2. The van der Waals surface area contributed by atoms with E-state index in [1.54, 1.807) is 24.3 Å². The van der Waals surface area contributed by atoms with Crippen molar-refractivity contribution in [1.82, 2.24) is 10.2 Å². The molecule has 4 N–H and O–H groups in total. The zero-order valence-electron chi connectivity index (χ0n) is 14.7. The summed E-state index contributed by atoms with van der Waals surface area (Å²) in [6.45, 7) is 2.00. The average Bonchev–Trinajstić information content (AvgIpc) is 3.09. The lowest BCUT2D eigenvalue weighted by molar-refractivity contribution is -0.116. The molecule has 3 amide bonds. The van der Waals surface area contributed by atoms with Crippen LogP contribution < -0.4 is 16.4 Å².